The van der Waals surface area contributed by atoms with Crippen molar-refractivity contribution in [2.45, 2.75) is 0 Å². The number of hydrazine groups is 2. The van der Waals surface area contributed by atoms with E-state index in [9.17, 15) is 13.2 Å². The van der Waals surface area contributed by atoms with E-state index in [1.165, 1.54) is 39.7 Å². The van der Waals surface area contributed by atoms with Gasteiger partial charge in [-0.2, -0.15) is 22.7 Å². The number of amides is 1. The molecule has 0 atom stereocenters. The first-order valence-corrected chi connectivity index (χ1v) is 11.4. The third-order valence-electron chi connectivity index (χ3n) is 3.04. The zero-order valence-corrected chi connectivity index (χ0v) is 17.9. The van der Waals surface area contributed by atoms with Crippen LogP contribution in [0.15, 0.2) is 33.7 Å². The normalized spacial score (nSPS) is 11.0. The number of carbonyl (C=O) groups excluding carboxylic acids is 1. The SMILES string of the molecule is CN(NC(=O)CS(=O)(=O)NN(C)C(=S)c1ccsc1)C(=S)c1ccsc1. The van der Waals surface area contributed by atoms with Crippen LogP contribution in [0.3, 0.4) is 0 Å². The van der Waals surface area contributed by atoms with Gasteiger partial charge in [-0.1, -0.05) is 24.4 Å². The molecule has 12 heteroatoms. The van der Waals surface area contributed by atoms with Crippen molar-refractivity contribution in [1.29, 1.82) is 0 Å². The van der Waals surface area contributed by atoms with Gasteiger partial charge in [-0.25, -0.2) is 8.42 Å². The molecule has 0 saturated carbocycles. The summed E-state index contributed by atoms with van der Waals surface area (Å²) in [6.45, 7) is 0. The zero-order valence-electron chi connectivity index (χ0n) is 13.8. The fourth-order valence-electron chi connectivity index (χ4n) is 1.88. The number of hydrogen-bond acceptors (Lipinski definition) is 7. The van der Waals surface area contributed by atoms with Gasteiger partial charge in [0.2, 0.25) is 10.0 Å². The van der Waals surface area contributed by atoms with Gasteiger partial charge in [0, 0.05) is 36.0 Å². The average molecular weight is 449 g/mol. The van der Waals surface area contributed by atoms with Crippen molar-refractivity contribution in [1.82, 2.24) is 20.3 Å². The van der Waals surface area contributed by atoms with Gasteiger partial charge >= 0.3 is 0 Å². The van der Waals surface area contributed by atoms with E-state index in [1.807, 2.05) is 22.2 Å². The molecule has 1 amide bonds. The first-order chi connectivity index (χ1) is 12.2. The van der Waals surface area contributed by atoms with Gasteiger partial charge in [-0.15, -0.1) is 4.83 Å². The Morgan fingerprint density at radius 3 is 2.00 bits per heavy atom. The molecule has 0 aliphatic rings. The monoisotopic (exact) mass is 448 g/mol. The lowest BCUT2D eigenvalue weighted by Crippen LogP contribution is -2.49. The molecule has 0 saturated heterocycles. The number of hydrogen-bond donors (Lipinski definition) is 2. The van der Waals surface area contributed by atoms with E-state index in [2.05, 4.69) is 10.3 Å². The summed E-state index contributed by atoms with van der Waals surface area (Å²) in [6, 6.07) is 3.60. The Morgan fingerprint density at radius 1 is 1.04 bits per heavy atom. The van der Waals surface area contributed by atoms with E-state index >= 15 is 0 Å². The summed E-state index contributed by atoms with van der Waals surface area (Å²) in [4.78, 5) is 15.0. The summed E-state index contributed by atoms with van der Waals surface area (Å²) < 4.78 is 24.4. The van der Waals surface area contributed by atoms with Crippen LogP contribution in [-0.2, 0) is 14.8 Å². The second-order valence-corrected chi connectivity index (χ2v) is 9.17. The summed E-state index contributed by atoms with van der Waals surface area (Å²) >= 11 is 13.4. The highest BCUT2D eigenvalue weighted by Gasteiger charge is 2.21. The summed E-state index contributed by atoms with van der Waals surface area (Å²) in [6.07, 6.45) is 0. The molecule has 0 aliphatic heterocycles. The van der Waals surface area contributed by atoms with Crippen LogP contribution < -0.4 is 10.3 Å². The van der Waals surface area contributed by atoms with Crippen LogP contribution in [-0.4, -0.2) is 54.2 Å². The van der Waals surface area contributed by atoms with Crippen molar-refractivity contribution >= 4 is 73.0 Å². The molecular weight excluding hydrogens is 433 g/mol. The number of carbonyl (C=O) groups is 1. The molecule has 0 spiro atoms. The molecule has 140 valence electrons. The number of thiocarbonyl (C=S) groups is 2. The Morgan fingerprint density at radius 2 is 1.54 bits per heavy atom. The Bertz CT molecular complexity index is 878. The number of thiophene rings is 2. The van der Waals surface area contributed by atoms with Crippen LogP contribution >= 0.6 is 47.1 Å². The highest BCUT2D eigenvalue weighted by atomic mass is 32.2. The molecule has 0 aromatic carbocycles. The minimum Gasteiger partial charge on any atom is -0.287 e. The van der Waals surface area contributed by atoms with Gasteiger partial charge in [-0.3, -0.25) is 20.2 Å². The maximum atomic E-state index is 12.2. The lowest BCUT2D eigenvalue weighted by molar-refractivity contribution is -0.121. The molecule has 2 rings (SSSR count). The molecule has 0 unspecified atom stereocenters. The number of rotatable bonds is 6. The van der Waals surface area contributed by atoms with E-state index < -0.39 is 21.7 Å². The van der Waals surface area contributed by atoms with E-state index in [1.54, 1.807) is 18.5 Å². The minimum absolute atomic E-state index is 0.311. The topological polar surface area (TPSA) is 81.8 Å². The molecule has 2 heterocycles. The predicted octanol–water partition coefficient (Wildman–Crippen LogP) is 1.59. The van der Waals surface area contributed by atoms with Gasteiger partial charge in [0.05, 0.1) is 0 Å². The van der Waals surface area contributed by atoms with Crippen molar-refractivity contribution in [3.05, 3.63) is 44.8 Å². The van der Waals surface area contributed by atoms with Crippen molar-refractivity contribution in [3.63, 3.8) is 0 Å². The average Bonchev–Trinajstić information content (AvgIpc) is 3.25. The Hall–Kier alpha value is -1.44. The second kappa shape index (κ2) is 8.97. The van der Waals surface area contributed by atoms with E-state index in [0.29, 0.717) is 9.98 Å². The van der Waals surface area contributed by atoms with Gasteiger partial charge in [0.15, 0.2) is 0 Å². The lowest BCUT2D eigenvalue weighted by Gasteiger charge is -2.22. The molecule has 2 N–H and O–H groups in total. The quantitative estimate of drug-likeness (QED) is 0.513. The molecule has 2 aromatic rings. The maximum absolute atomic E-state index is 12.2. The van der Waals surface area contributed by atoms with Gasteiger partial charge < -0.3 is 0 Å². The predicted molar refractivity (Wildman–Crippen MR) is 113 cm³/mol. The molecule has 0 fully saturated rings. The number of nitrogens with one attached hydrogen (secondary N) is 2. The van der Waals surface area contributed by atoms with E-state index in [4.69, 9.17) is 24.4 Å². The molecule has 26 heavy (non-hydrogen) atoms. The van der Waals surface area contributed by atoms with Crippen LogP contribution in [0.4, 0.5) is 0 Å². The summed E-state index contributed by atoms with van der Waals surface area (Å²) in [5, 5.41) is 9.85. The first-order valence-electron chi connectivity index (χ1n) is 7.10. The smallest absolute Gasteiger partial charge is 0.255 e. The molecule has 0 radical (unpaired) electrons. The van der Waals surface area contributed by atoms with Gasteiger partial charge in [0.1, 0.15) is 15.7 Å². The van der Waals surface area contributed by atoms with Gasteiger partial charge in [0.25, 0.3) is 5.91 Å². The fraction of sp³-hybridized carbons (Fsp3) is 0.214. The van der Waals surface area contributed by atoms with Crippen molar-refractivity contribution in [2.24, 2.45) is 0 Å². The zero-order chi connectivity index (χ0) is 19.3. The van der Waals surface area contributed by atoms with Crippen molar-refractivity contribution < 1.29 is 13.2 Å². The first kappa shape index (κ1) is 20.9. The highest BCUT2D eigenvalue weighted by molar-refractivity contribution is 7.90. The van der Waals surface area contributed by atoms with Crippen LogP contribution in [0.1, 0.15) is 11.1 Å². The summed E-state index contributed by atoms with van der Waals surface area (Å²) in [5.41, 5.74) is 3.94. The Balaban J connectivity index is 1.90. The Kier molecular flexibility index (Phi) is 7.20. The van der Waals surface area contributed by atoms with E-state index in [-0.39, 0.29) is 0 Å². The fourth-order valence-corrected chi connectivity index (χ4v) is 4.70. The largest absolute Gasteiger partial charge is 0.287 e. The van der Waals surface area contributed by atoms with Crippen LogP contribution in [0, 0.1) is 0 Å². The van der Waals surface area contributed by atoms with Crippen LogP contribution in [0.5, 0.6) is 0 Å². The summed E-state index contributed by atoms with van der Waals surface area (Å²) in [7, 11) is -0.899. The summed E-state index contributed by atoms with van der Waals surface area (Å²) in [5.74, 6) is -1.48. The third kappa shape index (κ3) is 5.79. The van der Waals surface area contributed by atoms with Crippen LogP contribution in [0.25, 0.3) is 0 Å². The highest BCUT2D eigenvalue weighted by Crippen LogP contribution is 2.10. The van der Waals surface area contributed by atoms with Crippen molar-refractivity contribution in [2.75, 3.05) is 19.8 Å². The molecule has 7 nitrogen and oxygen atoms in total. The molecule has 2 aromatic heterocycles. The molecule has 0 bridgehead atoms. The minimum atomic E-state index is -3.93. The maximum Gasteiger partial charge on any atom is 0.255 e. The van der Waals surface area contributed by atoms with Crippen LogP contribution in [0.2, 0.25) is 0 Å². The van der Waals surface area contributed by atoms with Gasteiger partial charge in [-0.05, 0) is 22.9 Å². The standard InChI is InChI=1S/C14H16N4O3S5/c1-17(13(22)10-3-5-24-7-10)15-12(19)9-26(20,21)16-18(2)14(23)11-4-6-25-8-11/h3-8,16H,9H2,1-2H3,(H,15,19). The molecule has 0 aliphatic carbocycles. The van der Waals surface area contributed by atoms with Crippen molar-refractivity contribution in [3.8, 4) is 0 Å². The third-order valence-corrected chi connectivity index (χ3v) is 6.61. The number of nitrogens with zero attached hydrogens (tertiary/aromatic N) is 2. The Labute approximate surface area is 170 Å². The van der Waals surface area contributed by atoms with E-state index in [0.717, 1.165) is 11.1 Å². The molecular formula is C14H16N4O3S5. The number of sulfonamides is 1. The second-order valence-electron chi connectivity index (χ2n) is 5.14. The lowest BCUT2D eigenvalue weighted by atomic mass is 10.3.